The fourth-order valence-corrected chi connectivity index (χ4v) is 3.56. The summed E-state index contributed by atoms with van der Waals surface area (Å²) in [6, 6.07) is 0. The number of amides is 1. The van der Waals surface area contributed by atoms with Crippen LogP contribution < -0.4 is 0 Å². The molecule has 1 amide bonds. The van der Waals surface area contributed by atoms with Crippen LogP contribution in [0, 0.1) is 11.3 Å². The molecule has 2 atom stereocenters. The minimum atomic E-state index is -0.447. The number of Topliss-reactive ketones (excluding diaryl/α,β-unsaturated/α-hetero) is 1. The van der Waals surface area contributed by atoms with Gasteiger partial charge in [0.2, 0.25) is 0 Å². The lowest BCUT2D eigenvalue weighted by Crippen LogP contribution is -2.38. The first-order valence-electron chi connectivity index (χ1n) is 7.74. The third-order valence-corrected chi connectivity index (χ3v) is 4.90. The van der Waals surface area contributed by atoms with Crippen molar-refractivity contribution < 1.29 is 14.3 Å². The van der Waals surface area contributed by atoms with Crippen molar-refractivity contribution in [3.8, 4) is 0 Å². The predicted octanol–water partition coefficient (Wildman–Crippen LogP) is 3.39. The molecule has 20 heavy (non-hydrogen) atoms. The van der Waals surface area contributed by atoms with Gasteiger partial charge in [-0.05, 0) is 51.9 Å². The van der Waals surface area contributed by atoms with Crippen molar-refractivity contribution in [3.05, 3.63) is 0 Å². The summed E-state index contributed by atoms with van der Waals surface area (Å²) >= 11 is 0. The number of carbonyl (C=O) groups excluding carboxylic acids is 2. The van der Waals surface area contributed by atoms with Gasteiger partial charge in [0, 0.05) is 25.4 Å². The Bertz CT molecular complexity index is 399. The minimum Gasteiger partial charge on any atom is -0.444 e. The summed E-state index contributed by atoms with van der Waals surface area (Å²) < 4.78 is 5.45. The normalized spacial score (nSPS) is 31.5. The zero-order valence-corrected chi connectivity index (χ0v) is 13.2. The van der Waals surface area contributed by atoms with E-state index in [0.717, 1.165) is 32.2 Å². The fraction of sp³-hybridized carbons (Fsp3) is 0.875. The van der Waals surface area contributed by atoms with Gasteiger partial charge in [0.05, 0.1) is 0 Å². The topological polar surface area (TPSA) is 46.6 Å². The molecule has 2 unspecified atom stereocenters. The van der Waals surface area contributed by atoms with Crippen molar-refractivity contribution in [2.75, 3.05) is 13.1 Å². The molecule has 0 aromatic carbocycles. The summed E-state index contributed by atoms with van der Waals surface area (Å²) in [4.78, 5) is 25.8. The van der Waals surface area contributed by atoms with Gasteiger partial charge in [-0.3, -0.25) is 4.79 Å². The minimum absolute atomic E-state index is 0.133. The van der Waals surface area contributed by atoms with Gasteiger partial charge in [0.1, 0.15) is 11.4 Å². The Morgan fingerprint density at radius 1 is 1.25 bits per heavy atom. The quantitative estimate of drug-likeness (QED) is 0.683. The van der Waals surface area contributed by atoms with E-state index in [1.165, 1.54) is 0 Å². The largest absolute Gasteiger partial charge is 0.444 e. The zero-order valence-electron chi connectivity index (χ0n) is 13.2. The summed E-state index contributed by atoms with van der Waals surface area (Å²) in [5, 5.41) is 0. The third-order valence-electron chi connectivity index (χ3n) is 4.90. The number of hydrogen-bond acceptors (Lipinski definition) is 3. The van der Waals surface area contributed by atoms with Gasteiger partial charge < -0.3 is 9.64 Å². The maximum atomic E-state index is 12.2. The molecule has 4 heteroatoms. The fourth-order valence-electron chi connectivity index (χ4n) is 3.56. The van der Waals surface area contributed by atoms with Crippen LogP contribution in [0.1, 0.15) is 59.8 Å². The van der Waals surface area contributed by atoms with Crippen LogP contribution in [0.4, 0.5) is 4.79 Å². The van der Waals surface area contributed by atoms with Gasteiger partial charge in [0.15, 0.2) is 0 Å². The van der Waals surface area contributed by atoms with Gasteiger partial charge in [-0.1, -0.05) is 6.92 Å². The Morgan fingerprint density at radius 2 is 1.95 bits per heavy atom. The molecule has 0 N–H and O–H groups in total. The number of carbonyl (C=O) groups is 2. The summed E-state index contributed by atoms with van der Waals surface area (Å²) in [5.74, 6) is 0.553. The molecule has 2 fully saturated rings. The van der Waals surface area contributed by atoms with E-state index < -0.39 is 5.60 Å². The molecular weight excluding hydrogens is 254 g/mol. The molecule has 1 saturated carbocycles. The Morgan fingerprint density at radius 3 is 2.50 bits per heavy atom. The van der Waals surface area contributed by atoms with Crippen molar-refractivity contribution in [3.63, 3.8) is 0 Å². The predicted molar refractivity (Wildman–Crippen MR) is 77.5 cm³/mol. The van der Waals surface area contributed by atoms with Crippen LogP contribution in [0.3, 0.4) is 0 Å². The molecule has 2 aliphatic rings. The molecule has 0 bridgehead atoms. The van der Waals surface area contributed by atoms with Crippen LogP contribution in [0.2, 0.25) is 0 Å². The van der Waals surface area contributed by atoms with Gasteiger partial charge in [-0.2, -0.15) is 0 Å². The van der Waals surface area contributed by atoms with Crippen LogP contribution in [-0.4, -0.2) is 35.5 Å². The SMILES string of the molecule is CC1C(=O)CCC12CCCN(C(=O)OC(C)(C)C)CC2. The maximum absolute atomic E-state index is 12.2. The number of likely N-dealkylation sites (tertiary alicyclic amines) is 1. The third kappa shape index (κ3) is 3.15. The Labute approximate surface area is 121 Å². The molecule has 1 heterocycles. The molecular formula is C16H27NO3. The van der Waals surface area contributed by atoms with Crippen LogP contribution >= 0.6 is 0 Å². The Hall–Kier alpha value is -1.06. The Kier molecular flexibility index (Phi) is 4.12. The van der Waals surface area contributed by atoms with Crippen LogP contribution in [0.25, 0.3) is 0 Å². The van der Waals surface area contributed by atoms with E-state index >= 15 is 0 Å². The van der Waals surface area contributed by atoms with Crippen LogP contribution in [0.15, 0.2) is 0 Å². The van der Waals surface area contributed by atoms with E-state index in [4.69, 9.17) is 4.74 Å². The summed E-state index contributed by atoms with van der Waals surface area (Å²) in [5.41, 5.74) is -0.314. The van der Waals surface area contributed by atoms with E-state index in [2.05, 4.69) is 6.92 Å². The maximum Gasteiger partial charge on any atom is 0.410 e. The highest BCUT2D eigenvalue weighted by molar-refractivity contribution is 5.83. The van der Waals surface area contributed by atoms with Gasteiger partial charge in [-0.15, -0.1) is 0 Å². The second-order valence-electron chi connectivity index (χ2n) is 7.37. The molecule has 0 radical (unpaired) electrons. The zero-order chi connectivity index (χ0) is 15.0. The lowest BCUT2D eigenvalue weighted by Gasteiger charge is -2.32. The van der Waals surface area contributed by atoms with Gasteiger partial charge in [-0.25, -0.2) is 4.79 Å². The van der Waals surface area contributed by atoms with E-state index in [0.29, 0.717) is 18.7 Å². The van der Waals surface area contributed by atoms with Crippen molar-refractivity contribution in [1.29, 1.82) is 0 Å². The highest BCUT2D eigenvalue weighted by Crippen LogP contribution is 2.48. The Balaban J connectivity index is 1.99. The first-order chi connectivity index (χ1) is 9.23. The second-order valence-corrected chi connectivity index (χ2v) is 7.37. The highest BCUT2D eigenvalue weighted by Gasteiger charge is 2.46. The number of rotatable bonds is 0. The first-order valence-corrected chi connectivity index (χ1v) is 7.74. The highest BCUT2D eigenvalue weighted by atomic mass is 16.6. The van der Waals surface area contributed by atoms with Crippen molar-refractivity contribution in [2.45, 2.75) is 65.4 Å². The standard InChI is InChI=1S/C16H27NO3/c1-12-13(18)6-8-16(12)7-5-10-17(11-9-16)14(19)20-15(2,3)4/h12H,5-11H2,1-4H3. The number of ether oxygens (including phenoxy) is 1. The number of hydrogen-bond donors (Lipinski definition) is 0. The number of ketones is 1. The molecule has 2 rings (SSSR count). The van der Waals surface area contributed by atoms with E-state index in [-0.39, 0.29) is 17.4 Å². The molecule has 114 valence electrons. The lowest BCUT2D eigenvalue weighted by molar-refractivity contribution is -0.121. The van der Waals surface area contributed by atoms with Gasteiger partial charge in [0.25, 0.3) is 0 Å². The molecule has 0 aromatic rings. The molecule has 4 nitrogen and oxygen atoms in total. The van der Waals surface area contributed by atoms with Gasteiger partial charge >= 0.3 is 6.09 Å². The number of nitrogens with zero attached hydrogens (tertiary/aromatic N) is 1. The molecule has 0 aromatic heterocycles. The average molecular weight is 281 g/mol. The van der Waals surface area contributed by atoms with E-state index in [1.807, 2.05) is 25.7 Å². The second kappa shape index (κ2) is 5.38. The van der Waals surface area contributed by atoms with E-state index in [1.54, 1.807) is 0 Å². The molecule has 1 aliphatic carbocycles. The van der Waals surface area contributed by atoms with Crippen molar-refractivity contribution in [2.24, 2.45) is 11.3 Å². The lowest BCUT2D eigenvalue weighted by atomic mass is 9.73. The van der Waals surface area contributed by atoms with Crippen molar-refractivity contribution >= 4 is 11.9 Å². The van der Waals surface area contributed by atoms with Crippen LogP contribution in [0.5, 0.6) is 0 Å². The average Bonchev–Trinajstić information content (AvgIpc) is 2.54. The first kappa shape index (κ1) is 15.3. The monoisotopic (exact) mass is 281 g/mol. The summed E-state index contributed by atoms with van der Waals surface area (Å²) in [6.07, 6.45) is 4.45. The van der Waals surface area contributed by atoms with Crippen LogP contribution in [-0.2, 0) is 9.53 Å². The summed E-state index contributed by atoms with van der Waals surface area (Å²) in [7, 11) is 0. The van der Waals surface area contributed by atoms with Crippen molar-refractivity contribution in [1.82, 2.24) is 4.90 Å². The molecule has 1 saturated heterocycles. The van der Waals surface area contributed by atoms with E-state index in [9.17, 15) is 9.59 Å². The summed E-state index contributed by atoms with van der Waals surface area (Å²) in [6.45, 7) is 9.20. The molecule has 1 spiro atoms. The molecule has 1 aliphatic heterocycles. The smallest absolute Gasteiger partial charge is 0.410 e.